The van der Waals surface area contributed by atoms with E-state index in [4.69, 9.17) is 11.6 Å². The fourth-order valence-corrected chi connectivity index (χ4v) is 2.32. The number of nitrogens with zero attached hydrogens (tertiary/aromatic N) is 1. The van der Waals surface area contributed by atoms with Crippen molar-refractivity contribution >= 4 is 29.0 Å². The summed E-state index contributed by atoms with van der Waals surface area (Å²) in [6.45, 7) is 1.47. The number of alkyl halides is 1. The van der Waals surface area contributed by atoms with Gasteiger partial charge >= 0.3 is 0 Å². The highest BCUT2D eigenvalue weighted by Crippen LogP contribution is 2.33. The number of hydrogen-bond donors (Lipinski definition) is 0. The average molecular weight is 238 g/mol. The van der Waals surface area contributed by atoms with Gasteiger partial charge in [0, 0.05) is 18.4 Å². The van der Waals surface area contributed by atoms with Crippen LogP contribution >= 0.6 is 11.6 Å². The number of hydrogen-bond acceptors (Lipinski definition) is 2. The molecule has 0 N–H and O–H groups in total. The minimum atomic E-state index is -0.424. The standard InChI is InChI=1S/C12H12ClNO2/c1-8(15)14-10-5-3-2-4-9(10)12(16)11(14)6-7-13/h2-5,11H,6-7H2,1H3. The predicted molar refractivity (Wildman–Crippen MR) is 63.1 cm³/mol. The molecule has 0 aliphatic carbocycles. The number of rotatable bonds is 2. The van der Waals surface area contributed by atoms with Crippen LogP contribution in [-0.4, -0.2) is 23.6 Å². The number of fused-ring (bicyclic) bond motifs is 1. The molecule has 0 aromatic heterocycles. The molecule has 0 fully saturated rings. The fraction of sp³-hybridized carbons (Fsp3) is 0.333. The first kappa shape index (κ1) is 11.1. The molecule has 16 heavy (non-hydrogen) atoms. The summed E-state index contributed by atoms with van der Waals surface area (Å²) in [5.74, 6) is 0.244. The Morgan fingerprint density at radius 1 is 1.44 bits per heavy atom. The third kappa shape index (κ3) is 1.61. The normalized spacial score (nSPS) is 18.8. The average Bonchev–Trinajstić information content (AvgIpc) is 2.54. The second kappa shape index (κ2) is 4.26. The van der Waals surface area contributed by atoms with Gasteiger partial charge in [0.1, 0.15) is 6.04 Å². The van der Waals surface area contributed by atoms with E-state index >= 15 is 0 Å². The van der Waals surface area contributed by atoms with Crippen LogP contribution in [0.5, 0.6) is 0 Å². The topological polar surface area (TPSA) is 37.4 Å². The first-order valence-corrected chi connectivity index (χ1v) is 5.69. The summed E-state index contributed by atoms with van der Waals surface area (Å²) in [7, 11) is 0. The van der Waals surface area contributed by atoms with E-state index in [0.29, 0.717) is 23.6 Å². The third-order valence-corrected chi connectivity index (χ3v) is 2.98. The molecule has 0 saturated carbocycles. The van der Waals surface area contributed by atoms with Crippen LogP contribution in [0.2, 0.25) is 0 Å². The van der Waals surface area contributed by atoms with E-state index in [9.17, 15) is 9.59 Å². The number of carbonyl (C=O) groups is 2. The minimum Gasteiger partial charge on any atom is -0.301 e. The summed E-state index contributed by atoms with van der Waals surface area (Å²) in [6.07, 6.45) is 0.495. The molecule has 0 bridgehead atoms. The second-order valence-electron chi connectivity index (χ2n) is 3.76. The number of ketones is 1. The van der Waals surface area contributed by atoms with Crippen LogP contribution in [0.3, 0.4) is 0 Å². The lowest BCUT2D eigenvalue weighted by Crippen LogP contribution is -2.39. The van der Waals surface area contributed by atoms with Gasteiger partial charge in [-0.3, -0.25) is 9.59 Å². The van der Waals surface area contributed by atoms with E-state index in [2.05, 4.69) is 0 Å². The number of Topliss-reactive ketones (excluding diaryl/α,β-unsaturated/α-hetero) is 1. The predicted octanol–water partition coefficient (Wildman–Crippen LogP) is 2.23. The van der Waals surface area contributed by atoms with Crippen molar-refractivity contribution in [3.63, 3.8) is 0 Å². The molecule has 2 rings (SSSR count). The first-order valence-electron chi connectivity index (χ1n) is 5.16. The number of amides is 1. The van der Waals surface area contributed by atoms with Gasteiger partial charge in [-0.1, -0.05) is 12.1 Å². The van der Waals surface area contributed by atoms with Crippen LogP contribution in [-0.2, 0) is 4.79 Å². The van der Waals surface area contributed by atoms with Crippen molar-refractivity contribution < 1.29 is 9.59 Å². The number of para-hydroxylation sites is 1. The Bertz CT molecular complexity index is 444. The Kier molecular flexibility index (Phi) is 2.97. The zero-order chi connectivity index (χ0) is 11.7. The molecule has 1 amide bonds. The Morgan fingerprint density at radius 2 is 2.12 bits per heavy atom. The monoisotopic (exact) mass is 237 g/mol. The van der Waals surface area contributed by atoms with Gasteiger partial charge in [-0.25, -0.2) is 0 Å². The highest BCUT2D eigenvalue weighted by atomic mass is 35.5. The fourth-order valence-electron chi connectivity index (χ4n) is 2.11. The Morgan fingerprint density at radius 3 is 2.75 bits per heavy atom. The molecule has 1 heterocycles. The van der Waals surface area contributed by atoms with E-state index in [-0.39, 0.29) is 11.7 Å². The highest BCUT2D eigenvalue weighted by molar-refractivity contribution is 6.20. The molecule has 1 unspecified atom stereocenters. The zero-order valence-electron chi connectivity index (χ0n) is 8.94. The summed E-state index contributed by atoms with van der Waals surface area (Å²) in [6, 6.07) is 6.75. The van der Waals surface area contributed by atoms with Crippen LogP contribution in [0.4, 0.5) is 5.69 Å². The maximum Gasteiger partial charge on any atom is 0.224 e. The van der Waals surface area contributed by atoms with E-state index < -0.39 is 6.04 Å². The van der Waals surface area contributed by atoms with Crippen molar-refractivity contribution in [2.75, 3.05) is 10.8 Å². The van der Waals surface area contributed by atoms with E-state index in [1.165, 1.54) is 6.92 Å². The molecular weight excluding hydrogens is 226 g/mol. The largest absolute Gasteiger partial charge is 0.301 e. The summed E-state index contributed by atoms with van der Waals surface area (Å²) in [4.78, 5) is 25.2. The quantitative estimate of drug-likeness (QED) is 0.740. The van der Waals surface area contributed by atoms with Crippen LogP contribution in [0.15, 0.2) is 24.3 Å². The van der Waals surface area contributed by atoms with Gasteiger partial charge in [0.15, 0.2) is 5.78 Å². The smallest absolute Gasteiger partial charge is 0.224 e. The van der Waals surface area contributed by atoms with Crippen LogP contribution in [0.25, 0.3) is 0 Å². The van der Waals surface area contributed by atoms with Gasteiger partial charge < -0.3 is 4.90 Å². The molecule has 4 heteroatoms. The van der Waals surface area contributed by atoms with Gasteiger partial charge in [0.2, 0.25) is 5.91 Å². The highest BCUT2D eigenvalue weighted by Gasteiger charge is 2.38. The Balaban J connectivity index is 2.47. The maximum absolute atomic E-state index is 12.0. The second-order valence-corrected chi connectivity index (χ2v) is 4.14. The van der Waals surface area contributed by atoms with E-state index in [0.717, 1.165) is 0 Å². The third-order valence-electron chi connectivity index (χ3n) is 2.77. The van der Waals surface area contributed by atoms with Crippen molar-refractivity contribution in [1.29, 1.82) is 0 Å². The number of anilines is 1. The van der Waals surface area contributed by atoms with Gasteiger partial charge in [-0.05, 0) is 18.6 Å². The Labute approximate surface area is 99.0 Å². The lowest BCUT2D eigenvalue weighted by Gasteiger charge is -2.21. The maximum atomic E-state index is 12.0. The van der Waals surface area contributed by atoms with Gasteiger partial charge in [0.05, 0.1) is 5.69 Å². The number of benzene rings is 1. The summed E-state index contributed by atoms with van der Waals surface area (Å²) >= 11 is 5.67. The molecule has 1 aromatic rings. The summed E-state index contributed by atoms with van der Waals surface area (Å²) in [5, 5.41) is 0. The number of halogens is 1. The van der Waals surface area contributed by atoms with Crippen molar-refractivity contribution in [3.05, 3.63) is 29.8 Å². The first-order chi connectivity index (χ1) is 7.66. The minimum absolute atomic E-state index is 0.00792. The lowest BCUT2D eigenvalue weighted by atomic mass is 10.1. The number of carbonyl (C=O) groups excluding carboxylic acids is 2. The molecule has 1 atom stereocenters. The molecule has 0 radical (unpaired) electrons. The Hall–Kier alpha value is -1.35. The van der Waals surface area contributed by atoms with Crippen LogP contribution in [0, 0.1) is 0 Å². The van der Waals surface area contributed by atoms with Gasteiger partial charge in [-0.2, -0.15) is 0 Å². The summed E-state index contributed by atoms with van der Waals surface area (Å²) < 4.78 is 0. The van der Waals surface area contributed by atoms with Gasteiger partial charge in [-0.15, -0.1) is 11.6 Å². The molecule has 0 spiro atoms. The zero-order valence-corrected chi connectivity index (χ0v) is 9.70. The molecule has 1 aromatic carbocycles. The van der Waals surface area contributed by atoms with Crippen LogP contribution < -0.4 is 4.90 Å². The van der Waals surface area contributed by atoms with E-state index in [1.807, 2.05) is 6.07 Å². The molecule has 0 saturated heterocycles. The molecular formula is C12H12ClNO2. The van der Waals surface area contributed by atoms with Crippen molar-refractivity contribution in [2.45, 2.75) is 19.4 Å². The molecule has 84 valence electrons. The van der Waals surface area contributed by atoms with Crippen molar-refractivity contribution in [1.82, 2.24) is 0 Å². The van der Waals surface area contributed by atoms with Gasteiger partial charge in [0.25, 0.3) is 0 Å². The van der Waals surface area contributed by atoms with Crippen LogP contribution in [0.1, 0.15) is 23.7 Å². The lowest BCUT2D eigenvalue weighted by molar-refractivity contribution is -0.116. The van der Waals surface area contributed by atoms with Crippen molar-refractivity contribution in [3.8, 4) is 0 Å². The molecule has 1 aliphatic heterocycles. The van der Waals surface area contributed by atoms with E-state index in [1.54, 1.807) is 23.1 Å². The molecule has 1 aliphatic rings. The van der Waals surface area contributed by atoms with Crippen molar-refractivity contribution in [2.24, 2.45) is 0 Å². The summed E-state index contributed by atoms with van der Waals surface area (Å²) in [5.41, 5.74) is 1.32. The molecule has 3 nitrogen and oxygen atoms in total. The SMILES string of the molecule is CC(=O)N1c2ccccc2C(=O)C1CCCl.